The standard InChI is InChI=1S/C29H27NO8S/c1-16-5-8-20(9-6-16)39(34,35)38-26-21-10-11-22(31)17(2)25(21)36-28(33)24(26)30-27(32)19-7-12-23-18(15-19)13-14-29(3,4)37-23/h5-12,15,31H,13-14H2,1-4H3,(H,30,32). The lowest BCUT2D eigenvalue weighted by atomic mass is 9.93. The van der Waals surface area contributed by atoms with E-state index in [1.54, 1.807) is 30.3 Å². The summed E-state index contributed by atoms with van der Waals surface area (Å²) in [6.45, 7) is 7.30. The second-order valence-electron chi connectivity index (χ2n) is 10.2. The molecular formula is C29H27NO8S. The number of ether oxygens (including phenoxy) is 1. The summed E-state index contributed by atoms with van der Waals surface area (Å²) in [5.74, 6) is -0.561. The van der Waals surface area contributed by atoms with E-state index in [4.69, 9.17) is 13.3 Å². The summed E-state index contributed by atoms with van der Waals surface area (Å²) in [6.07, 6.45) is 1.47. The number of aryl methyl sites for hydroxylation is 3. The molecule has 2 N–H and O–H groups in total. The molecular weight excluding hydrogens is 522 g/mol. The van der Waals surface area contributed by atoms with Crippen molar-refractivity contribution < 1.29 is 31.7 Å². The van der Waals surface area contributed by atoms with E-state index in [9.17, 15) is 23.1 Å². The first-order valence-electron chi connectivity index (χ1n) is 12.3. The van der Waals surface area contributed by atoms with E-state index >= 15 is 0 Å². The van der Waals surface area contributed by atoms with Crippen molar-refractivity contribution in [1.82, 2.24) is 0 Å². The topological polar surface area (TPSA) is 132 Å². The molecule has 10 heteroatoms. The fourth-order valence-corrected chi connectivity index (χ4v) is 5.36. The van der Waals surface area contributed by atoms with Crippen LogP contribution in [0.1, 0.15) is 47.3 Å². The van der Waals surface area contributed by atoms with Gasteiger partial charge in [-0.2, -0.15) is 8.42 Å². The highest BCUT2D eigenvalue weighted by Crippen LogP contribution is 2.38. The number of carbonyl (C=O) groups excluding carboxylic acids is 1. The van der Waals surface area contributed by atoms with Gasteiger partial charge in [0.15, 0.2) is 11.4 Å². The highest BCUT2D eigenvalue weighted by Gasteiger charge is 2.29. The molecule has 0 unspecified atom stereocenters. The number of aromatic hydroxyl groups is 1. The fourth-order valence-electron chi connectivity index (χ4n) is 4.41. The molecule has 0 spiro atoms. The van der Waals surface area contributed by atoms with Crippen LogP contribution in [0, 0.1) is 13.8 Å². The van der Waals surface area contributed by atoms with Gasteiger partial charge in [0.1, 0.15) is 27.6 Å². The molecule has 5 rings (SSSR count). The van der Waals surface area contributed by atoms with Gasteiger partial charge in [0.05, 0.1) is 5.39 Å². The van der Waals surface area contributed by atoms with E-state index in [1.807, 2.05) is 20.8 Å². The molecule has 0 atom stereocenters. The van der Waals surface area contributed by atoms with E-state index in [-0.39, 0.29) is 38.3 Å². The van der Waals surface area contributed by atoms with Gasteiger partial charge in [-0.25, -0.2) is 4.79 Å². The maximum absolute atomic E-state index is 13.3. The molecule has 2 heterocycles. The van der Waals surface area contributed by atoms with Gasteiger partial charge in [0, 0.05) is 11.1 Å². The molecule has 4 aromatic rings. The molecule has 9 nitrogen and oxygen atoms in total. The Morgan fingerprint density at radius 1 is 1.05 bits per heavy atom. The molecule has 1 aliphatic rings. The van der Waals surface area contributed by atoms with Gasteiger partial charge in [-0.1, -0.05) is 17.7 Å². The molecule has 202 valence electrons. The zero-order valence-corrected chi connectivity index (χ0v) is 22.6. The lowest BCUT2D eigenvalue weighted by Gasteiger charge is -2.32. The molecule has 0 bridgehead atoms. The van der Waals surface area contributed by atoms with Crippen LogP contribution < -0.4 is 19.9 Å². The monoisotopic (exact) mass is 549 g/mol. The first kappa shape index (κ1) is 26.3. The summed E-state index contributed by atoms with van der Waals surface area (Å²) < 4.78 is 43.3. The van der Waals surface area contributed by atoms with Crippen LogP contribution in [0.3, 0.4) is 0 Å². The predicted molar refractivity (Wildman–Crippen MR) is 145 cm³/mol. The van der Waals surface area contributed by atoms with Gasteiger partial charge in [-0.3, -0.25) is 4.79 Å². The number of fused-ring (bicyclic) bond motifs is 2. The minimum Gasteiger partial charge on any atom is -0.508 e. The average molecular weight is 550 g/mol. The minimum atomic E-state index is -4.42. The molecule has 1 aromatic heterocycles. The maximum Gasteiger partial charge on any atom is 0.364 e. The number of carbonyl (C=O) groups is 1. The van der Waals surface area contributed by atoms with Crippen molar-refractivity contribution in [2.75, 3.05) is 5.32 Å². The maximum atomic E-state index is 13.3. The number of anilines is 1. The van der Waals surface area contributed by atoms with Crippen LogP contribution in [0.5, 0.6) is 17.2 Å². The van der Waals surface area contributed by atoms with Crippen LogP contribution in [0.25, 0.3) is 11.0 Å². The molecule has 1 amide bonds. The van der Waals surface area contributed by atoms with Crippen molar-refractivity contribution in [3.63, 3.8) is 0 Å². The third-order valence-electron chi connectivity index (χ3n) is 6.69. The predicted octanol–water partition coefficient (Wildman–Crippen LogP) is 5.24. The van der Waals surface area contributed by atoms with E-state index in [0.29, 0.717) is 12.2 Å². The molecule has 0 radical (unpaired) electrons. The number of amides is 1. The van der Waals surface area contributed by atoms with Crippen molar-refractivity contribution >= 4 is 32.7 Å². The first-order chi connectivity index (χ1) is 18.3. The number of hydrogen-bond donors (Lipinski definition) is 2. The van der Waals surface area contributed by atoms with Crippen LogP contribution in [0.15, 0.2) is 68.7 Å². The Labute approximate surface area is 225 Å². The van der Waals surface area contributed by atoms with Crippen molar-refractivity contribution in [3.8, 4) is 17.2 Å². The van der Waals surface area contributed by atoms with E-state index < -0.39 is 33.1 Å². The van der Waals surface area contributed by atoms with Crippen molar-refractivity contribution in [1.29, 1.82) is 0 Å². The second-order valence-corrected chi connectivity index (χ2v) is 11.7. The van der Waals surface area contributed by atoms with Crippen molar-refractivity contribution in [2.24, 2.45) is 0 Å². The average Bonchev–Trinajstić information content (AvgIpc) is 2.88. The summed E-state index contributed by atoms with van der Waals surface area (Å²) in [7, 11) is -4.42. The first-order valence-corrected chi connectivity index (χ1v) is 13.7. The third-order valence-corrected chi connectivity index (χ3v) is 7.93. The zero-order valence-electron chi connectivity index (χ0n) is 21.8. The van der Waals surface area contributed by atoms with Crippen molar-refractivity contribution in [2.45, 2.75) is 51.0 Å². The number of phenols is 1. The number of phenolic OH excluding ortho intramolecular Hbond substituents is 1. The van der Waals surface area contributed by atoms with Gasteiger partial charge in [-0.15, -0.1) is 0 Å². The number of benzene rings is 3. The Balaban J connectivity index is 1.59. The van der Waals surface area contributed by atoms with Gasteiger partial charge in [0.25, 0.3) is 5.91 Å². The van der Waals surface area contributed by atoms with Gasteiger partial charge >= 0.3 is 15.7 Å². The summed E-state index contributed by atoms with van der Waals surface area (Å²) in [4.78, 5) is 26.2. The highest BCUT2D eigenvalue weighted by molar-refractivity contribution is 7.87. The van der Waals surface area contributed by atoms with Crippen LogP contribution in [0.4, 0.5) is 5.69 Å². The lowest BCUT2D eigenvalue weighted by Crippen LogP contribution is -2.32. The molecule has 39 heavy (non-hydrogen) atoms. The smallest absolute Gasteiger partial charge is 0.364 e. The van der Waals surface area contributed by atoms with Crippen LogP contribution in [-0.4, -0.2) is 25.0 Å². The SMILES string of the molecule is Cc1ccc(S(=O)(=O)Oc2c(NC(=O)c3ccc4c(c3)CCC(C)(C)O4)c(=O)oc3c(C)c(O)ccc23)cc1. The Hall–Kier alpha value is -4.31. The van der Waals surface area contributed by atoms with Gasteiger partial charge in [0.2, 0.25) is 0 Å². The Kier molecular flexibility index (Phi) is 6.38. The summed E-state index contributed by atoms with van der Waals surface area (Å²) >= 11 is 0. The molecule has 0 saturated carbocycles. The zero-order chi connectivity index (χ0) is 28.1. The third kappa shape index (κ3) is 5.07. The Morgan fingerprint density at radius 3 is 2.49 bits per heavy atom. The van der Waals surface area contributed by atoms with Crippen LogP contribution >= 0.6 is 0 Å². The summed E-state index contributed by atoms with van der Waals surface area (Å²) in [5.41, 5.74) is 0.229. The van der Waals surface area contributed by atoms with Crippen molar-refractivity contribution in [3.05, 3.63) is 87.3 Å². The lowest BCUT2D eigenvalue weighted by molar-refractivity contribution is 0.0846. The van der Waals surface area contributed by atoms with E-state index in [2.05, 4.69) is 5.32 Å². The number of hydrogen-bond acceptors (Lipinski definition) is 8. The largest absolute Gasteiger partial charge is 0.508 e. The Bertz CT molecular complexity index is 1790. The molecule has 3 aromatic carbocycles. The fraction of sp³-hybridized carbons (Fsp3) is 0.241. The molecule has 0 saturated heterocycles. The minimum absolute atomic E-state index is 0.0688. The molecule has 1 aliphatic heterocycles. The molecule has 0 aliphatic carbocycles. The molecule has 0 fully saturated rings. The quantitative estimate of drug-likeness (QED) is 0.255. The van der Waals surface area contributed by atoms with Gasteiger partial charge < -0.3 is 23.8 Å². The number of rotatable bonds is 5. The highest BCUT2D eigenvalue weighted by atomic mass is 32.2. The van der Waals surface area contributed by atoms with E-state index in [0.717, 1.165) is 17.5 Å². The normalized spacial score (nSPS) is 14.4. The van der Waals surface area contributed by atoms with Gasteiger partial charge in [-0.05, 0) is 88.6 Å². The van der Waals surface area contributed by atoms with Crippen LogP contribution in [-0.2, 0) is 16.5 Å². The summed E-state index contributed by atoms with van der Waals surface area (Å²) in [5, 5.41) is 12.7. The Morgan fingerprint density at radius 2 is 1.77 bits per heavy atom. The number of nitrogens with one attached hydrogen (secondary N) is 1. The second kappa shape index (κ2) is 9.46. The van der Waals surface area contributed by atoms with Crippen LogP contribution in [0.2, 0.25) is 0 Å². The van der Waals surface area contributed by atoms with E-state index in [1.165, 1.54) is 31.2 Å². The summed E-state index contributed by atoms with van der Waals surface area (Å²) in [6, 6.07) is 13.6.